The molecular formula is C23H14ClN3O5. The predicted molar refractivity (Wildman–Crippen MR) is 118 cm³/mol. The number of nitro groups is 1. The number of nitriles is 1. The fourth-order valence-electron chi connectivity index (χ4n) is 2.59. The van der Waals surface area contributed by atoms with Crippen LogP contribution in [0.3, 0.4) is 0 Å². The van der Waals surface area contributed by atoms with Crippen LogP contribution in [0.25, 0.3) is 6.08 Å². The first-order chi connectivity index (χ1) is 15.4. The number of hydrogen-bond donors (Lipinski definition) is 1. The molecule has 0 saturated carbocycles. The first-order valence-electron chi connectivity index (χ1n) is 9.11. The first kappa shape index (κ1) is 22.2. The van der Waals surface area contributed by atoms with Crippen molar-refractivity contribution < 1.29 is 19.2 Å². The predicted octanol–water partition coefficient (Wildman–Crippen LogP) is 5.01. The van der Waals surface area contributed by atoms with E-state index in [1.54, 1.807) is 36.4 Å². The van der Waals surface area contributed by atoms with Crippen molar-refractivity contribution in [1.29, 1.82) is 5.26 Å². The van der Waals surface area contributed by atoms with Gasteiger partial charge in [0.05, 0.1) is 10.5 Å². The molecule has 0 radical (unpaired) electrons. The van der Waals surface area contributed by atoms with Gasteiger partial charge in [0.2, 0.25) is 0 Å². The topological polar surface area (TPSA) is 122 Å². The Kier molecular flexibility index (Phi) is 6.95. The summed E-state index contributed by atoms with van der Waals surface area (Å²) in [6, 6.07) is 19.6. The number of nitrogens with zero attached hydrogens (tertiary/aromatic N) is 2. The van der Waals surface area contributed by atoms with Gasteiger partial charge < -0.3 is 10.1 Å². The third-order valence-corrected chi connectivity index (χ3v) is 4.41. The maximum atomic E-state index is 12.3. The maximum Gasteiger partial charge on any atom is 0.343 e. The molecule has 3 aromatic rings. The Morgan fingerprint density at radius 2 is 1.75 bits per heavy atom. The Morgan fingerprint density at radius 1 is 1.06 bits per heavy atom. The van der Waals surface area contributed by atoms with E-state index in [1.807, 2.05) is 6.07 Å². The smallest absolute Gasteiger partial charge is 0.343 e. The molecule has 0 aliphatic heterocycles. The zero-order chi connectivity index (χ0) is 23.1. The first-order valence-corrected chi connectivity index (χ1v) is 9.49. The second-order valence-corrected chi connectivity index (χ2v) is 6.83. The van der Waals surface area contributed by atoms with Gasteiger partial charge in [-0.05, 0) is 54.1 Å². The van der Waals surface area contributed by atoms with Crippen LogP contribution in [0.4, 0.5) is 11.4 Å². The average molecular weight is 448 g/mol. The number of nitrogens with one attached hydrogen (secondary N) is 1. The lowest BCUT2D eigenvalue weighted by Gasteiger charge is -2.06. The SMILES string of the molecule is N#C/C(=C/c1ccc(OC(=O)c2cccc([N+](=O)[O-])c2)cc1)C(=O)Nc1ccc(Cl)cc1. The van der Waals surface area contributed by atoms with E-state index in [-0.39, 0.29) is 22.6 Å². The summed E-state index contributed by atoms with van der Waals surface area (Å²) in [5, 5.41) is 23.3. The molecule has 0 aliphatic rings. The van der Waals surface area contributed by atoms with E-state index in [0.717, 1.165) is 6.07 Å². The molecule has 0 spiro atoms. The van der Waals surface area contributed by atoms with E-state index in [9.17, 15) is 25.0 Å². The van der Waals surface area contributed by atoms with E-state index in [2.05, 4.69) is 5.32 Å². The number of non-ortho nitro benzene ring substituents is 1. The van der Waals surface area contributed by atoms with Crippen molar-refractivity contribution in [2.24, 2.45) is 0 Å². The molecule has 0 bridgehead atoms. The minimum Gasteiger partial charge on any atom is -0.423 e. The van der Waals surface area contributed by atoms with Gasteiger partial charge in [0, 0.05) is 22.8 Å². The van der Waals surface area contributed by atoms with E-state index < -0.39 is 16.8 Å². The molecular weight excluding hydrogens is 434 g/mol. The van der Waals surface area contributed by atoms with Crippen molar-refractivity contribution in [2.75, 3.05) is 5.32 Å². The lowest BCUT2D eigenvalue weighted by atomic mass is 10.1. The summed E-state index contributed by atoms with van der Waals surface area (Å²) in [5.41, 5.74) is 0.711. The summed E-state index contributed by atoms with van der Waals surface area (Å²) >= 11 is 5.81. The van der Waals surface area contributed by atoms with E-state index >= 15 is 0 Å². The van der Waals surface area contributed by atoms with Gasteiger partial charge in [-0.15, -0.1) is 0 Å². The Balaban J connectivity index is 1.69. The van der Waals surface area contributed by atoms with Gasteiger partial charge in [-0.25, -0.2) is 4.79 Å². The molecule has 9 heteroatoms. The highest BCUT2D eigenvalue weighted by Gasteiger charge is 2.14. The molecule has 0 heterocycles. The third-order valence-electron chi connectivity index (χ3n) is 4.16. The molecule has 32 heavy (non-hydrogen) atoms. The van der Waals surface area contributed by atoms with Crippen LogP contribution in [0.2, 0.25) is 5.02 Å². The highest BCUT2D eigenvalue weighted by molar-refractivity contribution is 6.30. The molecule has 0 aromatic heterocycles. The Morgan fingerprint density at radius 3 is 2.38 bits per heavy atom. The van der Waals surface area contributed by atoms with Gasteiger partial charge in [-0.1, -0.05) is 29.8 Å². The van der Waals surface area contributed by atoms with Crippen molar-refractivity contribution >= 4 is 40.9 Å². The number of amides is 1. The van der Waals surface area contributed by atoms with Crippen LogP contribution in [0.5, 0.6) is 5.75 Å². The zero-order valence-electron chi connectivity index (χ0n) is 16.3. The van der Waals surface area contributed by atoms with Crippen LogP contribution in [-0.2, 0) is 4.79 Å². The van der Waals surface area contributed by atoms with E-state index in [4.69, 9.17) is 16.3 Å². The van der Waals surface area contributed by atoms with Crippen LogP contribution in [0.1, 0.15) is 15.9 Å². The number of ether oxygens (including phenoxy) is 1. The fraction of sp³-hybridized carbons (Fsp3) is 0. The maximum absolute atomic E-state index is 12.3. The van der Waals surface area contributed by atoms with Crippen LogP contribution in [0.15, 0.2) is 78.4 Å². The number of halogens is 1. The number of benzene rings is 3. The summed E-state index contributed by atoms with van der Waals surface area (Å²) in [6.45, 7) is 0. The van der Waals surface area contributed by atoms with Crippen molar-refractivity contribution in [3.63, 3.8) is 0 Å². The molecule has 158 valence electrons. The van der Waals surface area contributed by atoms with Crippen LogP contribution < -0.4 is 10.1 Å². The van der Waals surface area contributed by atoms with Crippen molar-refractivity contribution in [1.82, 2.24) is 0 Å². The highest BCUT2D eigenvalue weighted by Crippen LogP contribution is 2.19. The molecule has 0 atom stereocenters. The molecule has 0 aliphatic carbocycles. The number of esters is 1. The minimum absolute atomic E-state index is 0.0359. The molecule has 1 amide bonds. The average Bonchev–Trinajstić information content (AvgIpc) is 2.80. The summed E-state index contributed by atoms with van der Waals surface area (Å²) in [7, 11) is 0. The van der Waals surface area contributed by atoms with E-state index in [0.29, 0.717) is 16.3 Å². The summed E-state index contributed by atoms with van der Waals surface area (Å²) < 4.78 is 5.22. The Bertz CT molecular complexity index is 1250. The van der Waals surface area contributed by atoms with Gasteiger partial charge >= 0.3 is 5.97 Å². The zero-order valence-corrected chi connectivity index (χ0v) is 17.1. The standard InChI is InChI=1S/C23H14ClN3O5/c24-18-6-8-19(9-7-18)26-22(28)17(14-25)12-15-4-10-21(11-5-15)32-23(29)16-2-1-3-20(13-16)27(30)31/h1-13H,(H,26,28)/b17-12-. The summed E-state index contributed by atoms with van der Waals surface area (Å²) in [6.07, 6.45) is 1.39. The molecule has 0 saturated heterocycles. The number of nitro benzene ring substituents is 1. The quantitative estimate of drug-likeness (QED) is 0.141. The molecule has 0 fully saturated rings. The molecule has 1 N–H and O–H groups in total. The van der Waals surface area contributed by atoms with Gasteiger partial charge in [-0.3, -0.25) is 14.9 Å². The van der Waals surface area contributed by atoms with Crippen molar-refractivity contribution in [2.45, 2.75) is 0 Å². The normalized spacial score (nSPS) is 10.7. The molecule has 3 aromatic carbocycles. The number of hydrogen-bond acceptors (Lipinski definition) is 6. The Labute approximate surface area is 187 Å². The number of anilines is 1. The van der Waals surface area contributed by atoms with Crippen LogP contribution >= 0.6 is 11.6 Å². The monoisotopic (exact) mass is 447 g/mol. The number of carbonyl (C=O) groups is 2. The van der Waals surface area contributed by atoms with Gasteiger partial charge in [0.25, 0.3) is 11.6 Å². The van der Waals surface area contributed by atoms with E-state index in [1.165, 1.54) is 36.4 Å². The lowest BCUT2D eigenvalue weighted by molar-refractivity contribution is -0.384. The van der Waals surface area contributed by atoms with Gasteiger partial charge in [0.15, 0.2) is 0 Å². The number of rotatable bonds is 6. The summed E-state index contributed by atoms with van der Waals surface area (Å²) in [5.74, 6) is -1.14. The second-order valence-electron chi connectivity index (χ2n) is 6.40. The lowest BCUT2D eigenvalue weighted by Crippen LogP contribution is -2.13. The summed E-state index contributed by atoms with van der Waals surface area (Å²) in [4.78, 5) is 34.8. The molecule has 0 unspecified atom stereocenters. The van der Waals surface area contributed by atoms with Crippen LogP contribution in [-0.4, -0.2) is 16.8 Å². The second kappa shape index (κ2) is 10.0. The fourth-order valence-corrected chi connectivity index (χ4v) is 2.72. The molecule has 3 rings (SSSR count). The number of carbonyl (C=O) groups excluding carboxylic acids is 2. The minimum atomic E-state index is -0.753. The highest BCUT2D eigenvalue weighted by atomic mass is 35.5. The van der Waals surface area contributed by atoms with Gasteiger partial charge in [0.1, 0.15) is 17.4 Å². The largest absolute Gasteiger partial charge is 0.423 e. The third kappa shape index (κ3) is 5.78. The van der Waals surface area contributed by atoms with Crippen molar-refractivity contribution in [3.05, 3.63) is 105 Å². The van der Waals surface area contributed by atoms with Gasteiger partial charge in [-0.2, -0.15) is 5.26 Å². The Hall–Kier alpha value is -4.48. The molecule has 8 nitrogen and oxygen atoms in total. The van der Waals surface area contributed by atoms with Crippen LogP contribution in [0, 0.1) is 21.4 Å². The van der Waals surface area contributed by atoms with Crippen molar-refractivity contribution in [3.8, 4) is 11.8 Å².